The molecular weight excluding hydrogens is 361 g/mol. The Balaban J connectivity index is 1.54. The molecule has 1 atom stereocenters. The number of rotatable bonds is 4. The lowest BCUT2D eigenvalue weighted by molar-refractivity contribution is -0.137. The molecule has 0 radical (unpaired) electrons. The summed E-state index contributed by atoms with van der Waals surface area (Å²) in [4.78, 5) is 17.9. The van der Waals surface area contributed by atoms with E-state index in [2.05, 4.69) is 15.6 Å². The van der Waals surface area contributed by atoms with Crippen LogP contribution in [0.4, 0.5) is 29.5 Å². The molecule has 0 spiro atoms. The summed E-state index contributed by atoms with van der Waals surface area (Å²) in [7, 11) is 1.54. The van der Waals surface area contributed by atoms with Gasteiger partial charge in [0.15, 0.2) is 0 Å². The molecule has 144 valence electrons. The number of amides is 2. The second kappa shape index (κ2) is 7.73. The van der Waals surface area contributed by atoms with Gasteiger partial charge in [0.1, 0.15) is 11.6 Å². The fourth-order valence-electron chi connectivity index (χ4n) is 2.88. The molecule has 27 heavy (non-hydrogen) atoms. The molecule has 1 aromatic carbocycles. The smallest absolute Gasteiger partial charge is 0.417 e. The maximum absolute atomic E-state index is 12.6. The van der Waals surface area contributed by atoms with E-state index < -0.39 is 11.7 Å². The predicted molar refractivity (Wildman–Crippen MR) is 95.0 cm³/mol. The maximum atomic E-state index is 12.6. The summed E-state index contributed by atoms with van der Waals surface area (Å²) in [5.74, 6) is 1.09. The molecule has 2 heterocycles. The summed E-state index contributed by atoms with van der Waals surface area (Å²) in [6, 6.07) is 8.87. The van der Waals surface area contributed by atoms with E-state index in [1.807, 2.05) is 4.90 Å². The van der Waals surface area contributed by atoms with E-state index in [4.69, 9.17) is 4.74 Å². The van der Waals surface area contributed by atoms with Gasteiger partial charge in [0.2, 0.25) is 0 Å². The van der Waals surface area contributed by atoms with Crippen LogP contribution < -0.4 is 20.3 Å². The van der Waals surface area contributed by atoms with Gasteiger partial charge >= 0.3 is 12.2 Å². The highest BCUT2D eigenvalue weighted by atomic mass is 19.4. The first-order valence-electron chi connectivity index (χ1n) is 8.35. The van der Waals surface area contributed by atoms with Crippen molar-refractivity contribution in [3.63, 3.8) is 0 Å². The SMILES string of the molecule is COc1cccc(NC(=O)NC2CCN(c3ccc(C(F)(F)F)cn3)C2)c1. The van der Waals surface area contributed by atoms with Crippen molar-refractivity contribution < 1.29 is 22.7 Å². The van der Waals surface area contributed by atoms with Crippen LogP contribution in [0.25, 0.3) is 0 Å². The lowest BCUT2D eigenvalue weighted by atomic mass is 10.2. The van der Waals surface area contributed by atoms with Crippen molar-refractivity contribution in [2.45, 2.75) is 18.6 Å². The molecule has 1 aromatic heterocycles. The van der Waals surface area contributed by atoms with Gasteiger partial charge in [0.05, 0.1) is 12.7 Å². The van der Waals surface area contributed by atoms with Gasteiger partial charge in [-0.3, -0.25) is 0 Å². The third-order valence-corrected chi connectivity index (χ3v) is 4.25. The third kappa shape index (κ3) is 4.81. The van der Waals surface area contributed by atoms with E-state index >= 15 is 0 Å². The van der Waals surface area contributed by atoms with Gasteiger partial charge in [-0.15, -0.1) is 0 Å². The highest BCUT2D eigenvalue weighted by molar-refractivity contribution is 5.89. The number of carbonyl (C=O) groups is 1. The fraction of sp³-hybridized carbons (Fsp3) is 0.333. The van der Waals surface area contributed by atoms with Crippen molar-refractivity contribution in [1.82, 2.24) is 10.3 Å². The molecule has 0 aliphatic carbocycles. The monoisotopic (exact) mass is 380 g/mol. The Morgan fingerprint density at radius 3 is 2.78 bits per heavy atom. The number of alkyl halides is 3. The van der Waals surface area contributed by atoms with Gasteiger partial charge in [0.25, 0.3) is 0 Å². The lowest BCUT2D eigenvalue weighted by Crippen LogP contribution is -2.39. The maximum Gasteiger partial charge on any atom is 0.417 e. The number of urea groups is 1. The van der Waals surface area contributed by atoms with Crippen molar-refractivity contribution in [3.05, 3.63) is 48.2 Å². The first kappa shape index (κ1) is 18.8. The van der Waals surface area contributed by atoms with Gasteiger partial charge in [0, 0.05) is 37.1 Å². The fourth-order valence-corrected chi connectivity index (χ4v) is 2.88. The average Bonchev–Trinajstić information content (AvgIpc) is 3.09. The molecule has 2 N–H and O–H groups in total. The van der Waals surface area contributed by atoms with Crippen LogP contribution in [-0.2, 0) is 6.18 Å². The Hall–Kier alpha value is -2.97. The number of carbonyl (C=O) groups excluding carboxylic acids is 1. The number of nitrogens with zero attached hydrogens (tertiary/aromatic N) is 2. The molecule has 0 saturated carbocycles. The molecule has 0 bridgehead atoms. The third-order valence-electron chi connectivity index (χ3n) is 4.25. The first-order chi connectivity index (χ1) is 12.8. The number of aromatic nitrogens is 1. The molecule has 2 amide bonds. The van der Waals surface area contributed by atoms with Gasteiger partial charge in [-0.05, 0) is 30.7 Å². The number of anilines is 2. The molecule has 1 aliphatic rings. The zero-order valence-electron chi connectivity index (χ0n) is 14.6. The summed E-state index contributed by atoms with van der Waals surface area (Å²) in [5, 5.41) is 5.59. The molecule has 1 aliphatic heterocycles. The molecule has 3 rings (SSSR count). The topological polar surface area (TPSA) is 66.5 Å². The number of nitrogens with one attached hydrogen (secondary N) is 2. The van der Waals surface area contributed by atoms with E-state index in [1.165, 1.54) is 6.07 Å². The summed E-state index contributed by atoms with van der Waals surface area (Å²) < 4.78 is 42.9. The molecule has 6 nitrogen and oxygen atoms in total. The Kier molecular flexibility index (Phi) is 5.38. The van der Waals surface area contributed by atoms with E-state index in [0.717, 1.165) is 12.3 Å². The lowest BCUT2D eigenvalue weighted by Gasteiger charge is -2.18. The summed E-state index contributed by atoms with van der Waals surface area (Å²) in [6.07, 6.45) is -2.90. The molecular formula is C18H19F3N4O2. The number of hydrogen-bond acceptors (Lipinski definition) is 4. The van der Waals surface area contributed by atoms with E-state index in [9.17, 15) is 18.0 Å². The zero-order valence-corrected chi connectivity index (χ0v) is 14.6. The van der Waals surface area contributed by atoms with Crippen LogP contribution in [0.5, 0.6) is 5.75 Å². The number of methoxy groups -OCH3 is 1. The van der Waals surface area contributed by atoms with Crippen LogP contribution in [0.15, 0.2) is 42.6 Å². The van der Waals surface area contributed by atoms with Gasteiger partial charge < -0.3 is 20.3 Å². The van der Waals surface area contributed by atoms with Crippen LogP contribution in [0.2, 0.25) is 0 Å². The van der Waals surface area contributed by atoms with Gasteiger partial charge in [-0.25, -0.2) is 9.78 Å². The Bertz CT molecular complexity index is 796. The second-order valence-electron chi connectivity index (χ2n) is 6.16. The average molecular weight is 380 g/mol. The van der Waals surface area contributed by atoms with Crippen molar-refractivity contribution in [2.24, 2.45) is 0 Å². The van der Waals surface area contributed by atoms with Crippen molar-refractivity contribution >= 4 is 17.5 Å². The molecule has 9 heteroatoms. The minimum absolute atomic E-state index is 0.125. The van der Waals surface area contributed by atoms with Gasteiger partial charge in [-0.2, -0.15) is 13.2 Å². The Morgan fingerprint density at radius 1 is 1.30 bits per heavy atom. The van der Waals surface area contributed by atoms with Crippen LogP contribution in [0.1, 0.15) is 12.0 Å². The summed E-state index contributed by atoms with van der Waals surface area (Å²) in [5.41, 5.74) is -0.177. The van der Waals surface area contributed by atoms with Crippen LogP contribution >= 0.6 is 0 Å². The number of pyridine rings is 1. The summed E-state index contributed by atoms with van der Waals surface area (Å²) in [6.45, 7) is 1.08. The van der Waals surface area contributed by atoms with Crippen molar-refractivity contribution in [1.29, 1.82) is 0 Å². The minimum atomic E-state index is -4.40. The highest BCUT2D eigenvalue weighted by Crippen LogP contribution is 2.30. The van der Waals surface area contributed by atoms with Crippen molar-refractivity contribution in [3.8, 4) is 5.75 Å². The normalized spacial score (nSPS) is 16.9. The first-order valence-corrected chi connectivity index (χ1v) is 8.35. The number of ether oxygens (including phenoxy) is 1. The van der Waals surface area contributed by atoms with E-state index in [1.54, 1.807) is 31.4 Å². The second-order valence-corrected chi connectivity index (χ2v) is 6.16. The molecule has 2 aromatic rings. The Morgan fingerprint density at radius 2 is 2.11 bits per heavy atom. The number of hydrogen-bond donors (Lipinski definition) is 2. The molecule has 1 unspecified atom stereocenters. The van der Waals surface area contributed by atoms with Crippen LogP contribution in [-0.4, -0.2) is 37.3 Å². The zero-order chi connectivity index (χ0) is 19.4. The molecule has 1 saturated heterocycles. The molecule has 1 fully saturated rings. The quantitative estimate of drug-likeness (QED) is 0.852. The van der Waals surface area contributed by atoms with Crippen LogP contribution in [0.3, 0.4) is 0 Å². The van der Waals surface area contributed by atoms with Crippen LogP contribution in [0, 0.1) is 0 Å². The predicted octanol–water partition coefficient (Wildman–Crippen LogP) is 3.51. The van der Waals surface area contributed by atoms with Gasteiger partial charge in [-0.1, -0.05) is 6.07 Å². The van der Waals surface area contributed by atoms with Crippen molar-refractivity contribution in [2.75, 3.05) is 30.4 Å². The van der Waals surface area contributed by atoms with E-state index in [0.29, 0.717) is 36.8 Å². The number of halogens is 3. The number of benzene rings is 1. The Labute approximate surface area is 154 Å². The largest absolute Gasteiger partial charge is 0.497 e. The minimum Gasteiger partial charge on any atom is -0.497 e. The standard InChI is InChI=1S/C18H19F3N4O2/c1-27-15-4-2-3-13(9-15)23-17(26)24-14-7-8-25(11-14)16-6-5-12(10-22-16)18(19,20)21/h2-6,9-10,14H,7-8,11H2,1H3,(H2,23,24,26). The summed E-state index contributed by atoms with van der Waals surface area (Å²) >= 11 is 0. The highest BCUT2D eigenvalue weighted by Gasteiger charge is 2.31. The van der Waals surface area contributed by atoms with E-state index in [-0.39, 0.29) is 12.1 Å².